The molecule has 1 aromatic heterocycles. The van der Waals surface area contributed by atoms with E-state index in [0.717, 1.165) is 11.1 Å². The standard InChI is InChI=1S/C27H27ClN4O5/c1-4-36-26(34)22-20(29-27(35)30-23(22)19-8-6-5-7-9-19)15-37-25(33)21-17(3)31-32(24(21)28)14-18-12-10-16(2)11-13-18/h5-13,23H,4,14-15H2,1-3H3,(H2,29,30,35)/t23-/m1/s1. The molecule has 1 aliphatic heterocycles. The largest absolute Gasteiger partial charge is 0.463 e. The number of urea groups is 1. The van der Waals surface area contributed by atoms with Gasteiger partial charge in [-0.15, -0.1) is 0 Å². The van der Waals surface area contributed by atoms with Crippen molar-refractivity contribution in [2.75, 3.05) is 13.2 Å². The quantitative estimate of drug-likeness (QED) is 0.428. The number of rotatable bonds is 8. The zero-order chi connectivity index (χ0) is 26.5. The highest BCUT2D eigenvalue weighted by atomic mass is 35.5. The molecule has 2 aromatic carbocycles. The molecule has 10 heteroatoms. The number of ether oxygens (including phenoxy) is 2. The maximum absolute atomic E-state index is 13.0. The van der Waals surface area contributed by atoms with Crippen molar-refractivity contribution in [3.63, 3.8) is 0 Å². The fourth-order valence-corrected chi connectivity index (χ4v) is 4.35. The van der Waals surface area contributed by atoms with Crippen LogP contribution < -0.4 is 10.6 Å². The van der Waals surface area contributed by atoms with Gasteiger partial charge in [-0.05, 0) is 31.9 Å². The number of halogens is 1. The van der Waals surface area contributed by atoms with Crippen LogP contribution in [0.4, 0.5) is 4.79 Å². The van der Waals surface area contributed by atoms with Gasteiger partial charge in [0, 0.05) is 0 Å². The molecule has 0 unspecified atom stereocenters. The van der Waals surface area contributed by atoms with Gasteiger partial charge in [0.1, 0.15) is 17.3 Å². The fourth-order valence-electron chi connectivity index (χ4n) is 4.04. The minimum absolute atomic E-state index is 0.118. The van der Waals surface area contributed by atoms with Crippen LogP contribution in [-0.2, 0) is 20.8 Å². The number of aromatic nitrogens is 2. The lowest BCUT2D eigenvalue weighted by atomic mass is 9.95. The normalized spacial score (nSPS) is 15.1. The van der Waals surface area contributed by atoms with E-state index < -0.39 is 24.0 Å². The minimum atomic E-state index is -0.773. The summed E-state index contributed by atoms with van der Waals surface area (Å²) >= 11 is 6.51. The molecule has 9 nitrogen and oxygen atoms in total. The number of benzene rings is 2. The summed E-state index contributed by atoms with van der Waals surface area (Å²) in [5.74, 6) is -1.35. The molecule has 37 heavy (non-hydrogen) atoms. The first-order valence-electron chi connectivity index (χ1n) is 11.8. The van der Waals surface area contributed by atoms with Crippen LogP contribution in [0.1, 0.15) is 45.7 Å². The van der Waals surface area contributed by atoms with E-state index in [1.54, 1.807) is 38.1 Å². The summed E-state index contributed by atoms with van der Waals surface area (Å²) in [5, 5.41) is 9.85. The smallest absolute Gasteiger partial charge is 0.343 e. The summed E-state index contributed by atoms with van der Waals surface area (Å²) < 4.78 is 12.3. The molecule has 0 bridgehead atoms. The minimum Gasteiger partial charge on any atom is -0.463 e. The highest BCUT2D eigenvalue weighted by Gasteiger charge is 2.34. The SMILES string of the molecule is CCOC(=O)C1=C(COC(=O)c2c(C)nn(Cc3ccc(C)cc3)c2Cl)NC(=O)N[C@@H]1c1ccccc1. The van der Waals surface area contributed by atoms with Crippen molar-refractivity contribution < 1.29 is 23.9 Å². The number of hydrogen-bond donors (Lipinski definition) is 2. The predicted octanol–water partition coefficient (Wildman–Crippen LogP) is 4.23. The van der Waals surface area contributed by atoms with Gasteiger partial charge in [0.15, 0.2) is 0 Å². The van der Waals surface area contributed by atoms with Crippen molar-refractivity contribution in [3.05, 3.63) is 99.0 Å². The Morgan fingerprint density at radius 1 is 1.03 bits per heavy atom. The maximum Gasteiger partial charge on any atom is 0.343 e. The average molecular weight is 523 g/mol. The molecule has 3 aromatic rings. The number of amides is 2. The topological polar surface area (TPSA) is 112 Å². The van der Waals surface area contributed by atoms with E-state index in [2.05, 4.69) is 15.7 Å². The first-order valence-corrected chi connectivity index (χ1v) is 12.1. The van der Waals surface area contributed by atoms with Gasteiger partial charge in [0.25, 0.3) is 0 Å². The summed E-state index contributed by atoms with van der Waals surface area (Å²) in [6.07, 6.45) is 0. The van der Waals surface area contributed by atoms with Gasteiger partial charge in [-0.3, -0.25) is 0 Å². The Labute approximate surface area is 219 Å². The van der Waals surface area contributed by atoms with Crippen molar-refractivity contribution in [1.29, 1.82) is 0 Å². The molecule has 0 spiro atoms. The molecule has 0 fully saturated rings. The Balaban J connectivity index is 1.58. The third-order valence-corrected chi connectivity index (χ3v) is 6.24. The van der Waals surface area contributed by atoms with Crippen LogP contribution in [0.2, 0.25) is 5.15 Å². The van der Waals surface area contributed by atoms with Gasteiger partial charge in [0.05, 0.1) is 36.2 Å². The molecular formula is C27H27ClN4O5. The molecule has 0 saturated heterocycles. The number of carbonyl (C=O) groups is 3. The number of esters is 2. The molecule has 2 heterocycles. The molecule has 2 amide bonds. The van der Waals surface area contributed by atoms with Gasteiger partial charge < -0.3 is 20.1 Å². The van der Waals surface area contributed by atoms with Crippen molar-refractivity contribution in [2.24, 2.45) is 0 Å². The summed E-state index contributed by atoms with van der Waals surface area (Å²) in [6.45, 7) is 5.49. The first-order chi connectivity index (χ1) is 17.8. The van der Waals surface area contributed by atoms with Crippen LogP contribution in [0.15, 0.2) is 65.9 Å². The fraction of sp³-hybridized carbons (Fsp3) is 0.259. The van der Waals surface area contributed by atoms with Crippen molar-refractivity contribution in [1.82, 2.24) is 20.4 Å². The first kappa shape index (κ1) is 26.0. The summed E-state index contributed by atoms with van der Waals surface area (Å²) in [6, 6.07) is 15.6. The van der Waals surface area contributed by atoms with E-state index in [0.29, 0.717) is 17.8 Å². The molecule has 1 atom stereocenters. The summed E-state index contributed by atoms with van der Waals surface area (Å²) in [4.78, 5) is 38.3. The van der Waals surface area contributed by atoms with Gasteiger partial charge in [-0.2, -0.15) is 5.10 Å². The van der Waals surface area contributed by atoms with E-state index in [4.69, 9.17) is 21.1 Å². The second-order valence-corrected chi connectivity index (χ2v) is 8.88. The second kappa shape index (κ2) is 11.3. The lowest BCUT2D eigenvalue weighted by Crippen LogP contribution is -2.47. The van der Waals surface area contributed by atoms with Crippen LogP contribution in [0.25, 0.3) is 0 Å². The highest BCUT2D eigenvalue weighted by molar-refractivity contribution is 6.32. The number of nitrogens with zero attached hydrogens (tertiary/aromatic N) is 2. The van der Waals surface area contributed by atoms with Crippen LogP contribution in [0.3, 0.4) is 0 Å². The third-order valence-electron chi connectivity index (χ3n) is 5.85. The average Bonchev–Trinajstić information content (AvgIpc) is 3.16. The second-order valence-electron chi connectivity index (χ2n) is 8.53. The van der Waals surface area contributed by atoms with E-state index in [1.165, 1.54) is 4.68 Å². The third kappa shape index (κ3) is 5.83. The van der Waals surface area contributed by atoms with E-state index >= 15 is 0 Å². The number of aryl methyl sites for hydroxylation is 2. The van der Waals surface area contributed by atoms with Crippen LogP contribution in [0, 0.1) is 13.8 Å². The van der Waals surface area contributed by atoms with Crippen molar-refractivity contribution >= 4 is 29.6 Å². The predicted molar refractivity (Wildman–Crippen MR) is 137 cm³/mol. The molecule has 4 rings (SSSR count). The molecule has 1 aliphatic rings. The summed E-state index contributed by atoms with van der Waals surface area (Å²) in [7, 11) is 0. The number of carbonyl (C=O) groups excluding carboxylic acids is 3. The van der Waals surface area contributed by atoms with Gasteiger partial charge in [-0.25, -0.2) is 19.1 Å². The molecule has 0 radical (unpaired) electrons. The zero-order valence-corrected chi connectivity index (χ0v) is 21.5. The van der Waals surface area contributed by atoms with Crippen LogP contribution >= 0.6 is 11.6 Å². The van der Waals surface area contributed by atoms with Crippen molar-refractivity contribution in [2.45, 2.75) is 33.4 Å². The Morgan fingerprint density at radius 3 is 2.41 bits per heavy atom. The Bertz CT molecular complexity index is 1350. The maximum atomic E-state index is 13.0. The monoisotopic (exact) mass is 522 g/mol. The van der Waals surface area contributed by atoms with Crippen LogP contribution in [0.5, 0.6) is 0 Å². The van der Waals surface area contributed by atoms with E-state index in [-0.39, 0.29) is 35.2 Å². The Kier molecular flexibility index (Phi) is 7.93. The van der Waals surface area contributed by atoms with Gasteiger partial charge in [-0.1, -0.05) is 71.8 Å². The lowest BCUT2D eigenvalue weighted by Gasteiger charge is -2.29. The molecule has 0 aliphatic carbocycles. The van der Waals surface area contributed by atoms with Crippen molar-refractivity contribution in [3.8, 4) is 0 Å². The lowest BCUT2D eigenvalue weighted by molar-refractivity contribution is -0.139. The van der Waals surface area contributed by atoms with E-state index in [9.17, 15) is 14.4 Å². The molecular weight excluding hydrogens is 496 g/mol. The number of hydrogen-bond acceptors (Lipinski definition) is 6. The summed E-state index contributed by atoms with van der Waals surface area (Å²) in [5.41, 5.74) is 3.59. The molecule has 2 N–H and O–H groups in total. The van der Waals surface area contributed by atoms with Crippen LogP contribution in [-0.4, -0.2) is 41.0 Å². The molecule has 0 saturated carbocycles. The Morgan fingerprint density at radius 2 is 1.73 bits per heavy atom. The Hall–Kier alpha value is -4.11. The molecule has 192 valence electrons. The van der Waals surface area contributed by atoms with Gasteiger partial charge >= 0.3 is 18.0 Å². The highest BCUT2D eigenvalue weighted by Crippen LogP contribution is 2.28. The van der Waals surface area contributed by atoms with Gasteiger partial charge in [0.2, 0.25) is 0 Å². The zero-order valence-electron chi connectivity index (χ0n) is 20.7. The van der Waals surface area contributed by atoms with E-state index in [1.807, 2.05) is 37.3 Å². The number of nitrogens with one attached hydrogen (secondary N) is 2.